The van der Waals surface area contributed by atoms with Crippen LogP contribution in [0.4, 0.5) is 5.69 Å². The van der Waals surface area contributed by atoms with Gasteiger partial charge in [0, 0.05) is 22.6 Å². The first-order valence-electron chi connectivity index (χ1n) is 9.07. The van der Waals surface area contributed by atoms with Crippen LogP contribution < -0.4 is 11.3 Å². The van der Waals surface area contributed by atoms with Crippen molar-refractivity contribution in [2.45, 2.75) is 32.1 Å². The van der Waals surface area contributed by atoms with Gasteiger partial charge in [-0.15, -0.1) is 0 Å². The van der Waals surface area contributed by atoms with Crippen molar-refractivity contribution in [2.24, 2.45) is 0 Å². The Morgan fingerprint density at radius 1 is 1.36 bits per heavy atom. The second-order valence-corrected chi connectivity index (χ2v) is 7.34. The van der Waals surface area contributed by atoms with Crippen molar-refractivity contribution in [3.05, 3.63) is 63.6 Å². The van der Waals surface area contributed by atoms with E-state index < -0.39 is 5.60 Å². The smallest absolute Gasteiger partial charge is 0.258 e. The van der Waals surface area contributed by atoms with Crippen LogP contribution >= 0.6 is 0 Å². The van der Waals surface area contributed by atoms with E-state index in [4.69, 9.17) is 10.5 Å². The Hall–Kier alpha value is -3.32. The molecule has 2 aromatic heterocycles. The fourth-order valence-corrected chi connectivity index (χ4v) is 4.15. The molecule has 1 aromatic carbocycles. The van der Waals surface area contributed by atoms with Gasteiger partial charge in [-0.05, 0) is 24.6 Å². The number of ether oxygens (including phenoxy) is 1. The maximum atomic E-state index is 13.1. The van der Waals surface area contributed by atoms with Gasteiger partial charge < -0.3 is 25.3 Å². The lowest BCUT2D eigenvalue weighted by molar-refractivity contribution is -0.0172. The fraction of sp³-hybridized carbons (Fsp3) is 0.238. The molecule has 2 aliphatic heterocycles. The summed E-state index contributed by atoms with van der Waals surface area (Å²) in [6, 6.07) is 6.93. The highest BCUT2D eigenvalue weighted by Gasteiger charge is 2.41. The van der Waals surface area contributed by atoms with E-state index in [9.17, 15) is 15.0 Å². The number of aromatic nitrogens is 2. The normalized spacial score (nSPS) is 19.9. The average molecular weight is 377 g/mol. The first-order chi connectivity index (χ1) is 13.3. The molecule has 0 aliphatic carbocycles. The van der Waals surface area contributed by atoms with Crippen LogP contribution in [0.2, 0.25) is 0 Å². The number of aromatic hydroxyl groups is 1. The van der Waals surface area contributed by atoms with Crippen LogP contribution in [0, 0.1) is 0 Å². The van der Waals surface area contributed by atoms with Gasteiger partial charge in [0.2, 0.25) is 0 Å². The Morgan fingerprint density at radius 2 is 2.14 bits per heavy atom. The number of hydrogen-bond donors (Lipinski definition) is 3. The number of nitrogens with zero attached hydrogens (tertiary/aromatic N) is 2. The molecular weight excluding hydrogens is 358 g/mol. The predicted octanol–water partition coefficient (Wildman–Crippen LogP) is 2.35. The third-order valence-corrected chi connectivity index (χ3v) is 5.82. The zero-order valence-corrected chi connectivity index (χ0v) is 15.3. The van der Waals surface area contributed by atoms with Crippen LogP contribution in [-0.4, -0.2) is 19.8 Å². The zero-order chi connectivity index (χ0) is 19.8. The van der Waals surface area contributed by atoms with E-state index in [-0.39, 0.29) is 29.4 Å². The van der Waals surface area contributed by atoms with Gasteiger partial charge in [-0.3, -0.25) is 4.79 Å². The van der Waals surface area contributed by atoms with Crippen LogP contribution in [0.1, 0.15) is 30.0 Å². The summed E-state index contributed by atoms with van der Waals surface area (Å²) in [6.45, 7) is 6.12. The molecule has 1 atom stereocenters. The summed E-state index contributed by atoms with van der Waals surface area (Å²) in [4.78, 5) is 17.8. The van der Waals surface area contributed by atoms with Crippen LogP contribution in [0.5, 0.6) is 5.75 Å². The molecule has 28 heavy (non-hydrogen) atoms. The highest BCUT2D eigenvalue weighted by Crippen LogP contribution is 2.42. The van der Waals surface area contributed by atoms with Gasteiger partial charge in [0.15, 0.2) is 0 Å². The number of pyridine rings is 2. The van der Waals surface area contributed by atoms with E-state index in [1.807, 2.05) is 19.1 Å². The number of phenols is 1. The van der Waals surface area contributed by atoms with Gasteiger partial charge in [-0.2, -0.15) is 0 Å². The Kier molecular flexibility index (Phi) is 3.22. The molecule has 0 radical (unpaired) electrons. The summed E-state index contributed by atoms with van der Waals surface area (Å²) < 4.78 is 7.15. The lowest BCUT2D eigenvalue weighted by atomic mass is 9.84. The molecule has 5 rings (SSSR count). The summed E-state index contributed by atoms with van der Waals surface area (Å²) in [5.41, 5.74) is 8.21. The quantitative estimate of drug-likeness (QED) is 0.347. The highest BCUT2D eigenvalue weighted by molar-refractivity contribution is 5.88. The Bertz CT molecular complexity index is 1260. The molecule has 7 nitrogen and oxygen atoms in total. The Balaban J connectivity index is 1.80. The lowest BCUT2D eigenvalue weighted by Gasteiger charge is -2.35. The first kappa shape index (κ1) is 16.8. The van der Waals surface area contributed by atoms with Crippen molar-refractivity contribution in [1.29, 1.82) is 0 Å². The molecule has 3 aromatic rings. The number of benzene rings is 1. The van der Waals surface area contributed by atoms with E-state index in [0.29, 0.717) is 41.0 Å². The molecule has 0 unspecified atom stereocenters. The predicted molar refractivity (Wildman–Crippen MR) is 105 cm³/mol. The van der Waals surface area contributed by atoms with Gasteiger partial charge in [0.1, 0.15) is 23.7 Å². The van der Waals surface area contributed by atoms with Crippen molar-refractivity contribution in [3.8, 4) is 17.1 Å². The molecule has 4 heterocycles. The third kappa shape index (κ3) is 2.02. The first-order valence-corrected chi connectivity index (χ1v) is 9.07. The maximum Gasteiger partial charge on any atom is 0.258 e. The van der Waals surface area contributed by atoms with E-state index >= 15 is 0 Å². The number of nitrogens with two attached hydrogens (primary N) is 1. The van der Waals surface area contributed by atoms with Crippen LogP contribution in [0.15, 0.2) is 41.4 Å². The maximum absolute atomic E-state index is 13.1. The van der Waals surface area contributed by atoms with Crippen LogP contribution in [0.3, 0.4) is 0 Å². The average Bonchev–Trinajstić information content (AvgIpc) is 3.02. The van der Waals surface area contributed by atoms with E-state index in [2.05, 4.69) is 11.6 Å². The number of hydrogen-bond acceptors (Lipinski definition) is 6. The van der Waals surface area contributed by atoms with Gasteiger partial charge >= 0.3 is 0 Å². The largest absolute Gasteiger partial charge is 0.506 e. The SMILES string of the molecule is C=C1OCc2c(cc3n(c2=O)Cc2cc4cc(N)c(O)cc4nc2-3)[C@@]1(O)CC. The zero-order valence-electron chi connectivity index (χ0n) is 15.3. The molecule has 0 saturated carbocycles. The van der Waals surface area contributed by atoms with Gasteiger partial charge in [0.05, 0.1) is 34.7 Å². The minimum Gasteiger partial charge on any atom is -0.506 e. The fourth-order valence-electron chi connectivity index (χ4n) is 4.15. The van der Waals surface area contributed by atoms with E-state index in [1.54, 1.807) is 10.6 Å². The van der Waals surface area contributed by atoms with Crippen molar-refractivity contribution in [1.82, 2.24) is 9.55 Å². The summed E-state index contributed by atoms with van der Waals surface area (Å²) in [6.07, 6.45) is 0.340. The highest BCUT2D eigenvalue weighted by atomic mass is 16.5. The second kappa shape index (κ2) is 5.36. The molecule has 0 saturated heterocycles. The molecule has 0 spiro atoms. The van der Waals surface area contributed by atoms with E-state index in [1.165, 1.54) is 6.07 Å². The Labute approximate surface area is 160 Å². The summed E-state index contributed by atoms with van der Waals surface area (Å²) in [7, 11) is 0. The van der Waals surface area contributed by atoms with Crippen molar-refractivity contribution in [2.75, 3.05) is 5.73 Å². The van der Waals surface area contributed by atoms with Crippen LogP contribution in [0.25, 0.3) is 22.3 Å². The molecule has 2 aliphatic rings. The number of fused-ring (bicyclic) bond motifs is 5. The summed E-state index contributed by atoms with van der Waals surface area (Å²) >= 11 is 0. The van der Waals surface area contributed by atoms with Crippen LogP contribution in [-0.2, 0) is 23.5 Å². The molecule has 4 N–H and O–H groups in total. The topological polar surface area (TPSA) is 111 Å². The third-order valence-electron chi connectivity index (χ3n) is 5.82. The van der Waals surface area contributed by atoms with Gasteiger partial charge in [-0.1, -0.05) is 13.5 Å². The molecule has 0 fully saturated rings. The van der Waals surface area contributed by atoms with Crippen molar-refractivity contribution >= 4 is 16.6 Å². The number of rotatable bonds is 1. The molecule has 7 heteroatoms. The minimum absolute atomic E-state index is 0.0328. The lowest BCUT2D eigenvalue weighted by Crippen LogP contribution is -2.38. The molecule has 142 valence electrons. The number of aliphatic hydroxyl groups is 1. The standard InChI is InChI=1S/C21H19N3O4/c1-3-21(27)10(2)28-9-13-14(21)6-17-19-12(8-24(17)20(13)26)4-11-5-15(22)18(25)7-16(11)23-19/h4-7,25,27H,2-3,8-9,22H2,1H3/t21-/m1/s1. The number of nitrogen functional groups attached to an aromatic ring is 1. The Morgan fingerprint density at radius 3 is 2.89 bits per heavy atom. The van der Waals surface area contributed by atoms with Crippen molar-refractivity contribution < 1.29 is 14.9 Å². The summed E-state index contributed by atoms with van der Waals surface area (Å²) in [5.74, 6) is 0.214. The number of phenolic OH excluding ortho intramolecular Hbond substituents is 1. The van der Waals surface area contributed by atoms with Crippen molar-refractivity contribution in [3.63, 3.8) is 0 Å². The minimum atomic E-state index is -1.41. The molecular formula is C21H19N3O4. The van der Waals surface area contributed by atoms with Gasteiger partial charge in [-0.25, -0.2) is 4.98 Å². The molecule has 0 amide bonds. The second-order valence-electron chi connectivity index (χ2n) is 7.34. The monoisotopic (exact) mass is 377 g/mol. The van der Waals surface area contributed by atoms with E-state index in [0.717, 1.165) is 10.9 Å². The number of anilines is 1. The van der Waals surface area contributed by atoms with Gasteiger partial charge in [0.25, 0.3) is 5.56 Å². The molecule has 0 bridgehead atoms. The summed E-state index contributed by atoms with van der Waals surface area (Å²) in [5, 5.41) is 21.8.